The highest BCUT2D eigenvalue weighted by molar-refractivity contribution is 4.98. The highest BCUT2D eigenvalue weighted by Crippen LogP contribution is 2.33. The first-order valence-electron chi connectivity index (χ1n) is 7.05. The minimum absolute atomic E-state index is 0.668. The maximum Gasteiger partial charge on any atom is 0.219 e. The average molecular weight is 342 g/mol. The van der Waals surface area contributed by atoms with Crippen molar-refractivity contribution in [1.29, 1.82) is 0 Å². The highest BCUT2D eigenvalue weighted by atomic mass is 16.7. The molecule has 0 saturated carbocycles. The number of aliphatic hydroxyl groups is 8. The van der Waals surface area contributed by atoms with Gasteiger partial charge in [-0.2, -0.15) is 0 Å². The Morgan fingerprint density at radius 2 is 1.48 bits per heavy atom. The van der Waals surface area contributed by atoms with E-state index in [0.717, 1.165) is 0 Å². The predicted molar refractivity (Wildman–Crippen MR) is 68.6 cm³/mol. The third kappa shape index (κ3) is 3.36. The molecule has 8 N–H and O–H groups in total. The van der Waals surface area contributed by atoms with E-state index in [1.807, 2.05) is 0 Å². The molecule has 0 bridgehead atoms. The Hall–Kier alpha value is -0.440. The van der Waals surface area contributed by atoms with Crippen molar-refractivity contribution in [3.05, 3.63) is 0 Å². The molecule has 9 atom stereocenters. The summed E-state index contributed by atoms with van der Waals surface area (Å²) in [5, 5.41) is 76.5. The fourth-order valence-corrected chi connectivity index (χ4v) is 2.63. The van der Waals surface area contributed by atoms with Gasteiger partial charge in [0.15, 0.2) is 6.29 Å². The summed E-state index contributed by atoms with van der Waals surface area (Å²) in [6.45, 7) is -2.32. The molecule has 11 nitrogen and oxygen atoms in total. The molecule has 2 saturated heterocycles. The van der Waals surface area contributed by atoms with Crippen molar-refractivity contribution < 1.29 is 55.1 Å². The fraction of sp³-hybridized carbons (Fsp3) is 1.00. The second-order valence-electron chi connectivity index (χ2n) is 5.58. The van der Waals surface area contributed by atoms with Gasteiger partial charge in [-0.15, -0.1) is 0 Å². The summed E-state index contributed by atoms with van der Waals surface area (Å²) in [6, 6.07) is 0. The lowest BCUT2D eigenvalue weighted by Gasteiger charge is -2.41. The molecule has 0 aromatic heterocycles. The molecule has 2 aliphatic rings. The molecular weight excluding hydrogens is 320 g/mol. The van der Waals surface area contributed by atoms with Crippen molar-refractivity contribution in [2.24, 2.45) is 0 Å². The second-order valence-corrected chi connectivity index (χ2v) is 5.58. The summed E-state index contributed by atoms with van der Waals surface area (Å²) in [7, 11) is 0. The van der Waals surface area contributed by atoms with Gasteiger partial charge in [0.25, 0.3) is 0 Å². The Bertz CT molecular complexity index is 393. The third-order valence-corrected chi connectivity index (χ3v) is 4.04. The van der Waals surface area contributed by atoms with Crippen LogP contribution in [0.3, 0.4) is 0 Å². The van der Waals surface area contributed by atoms with E-state index in [-0.39, 0.29) is 0 Å². The van der Waals surface area contributed by atoms with Crippen LogP contribution in [0.5, 0.6) is 0 Å². The first-order chi connectivity index (χ1) is 10.8. The Labute approximate surface area is 130 Å². The number of ether oxygens (including phenoxy) is 3. The SMILES string of the molecule is OC[C@H]1O[C@@H](O[C@H]2[C@@H](CO)O[C@](O)(CO)[C@H]2O)[C@H](O)[C@@H](O)[C@H]1O. The summed E-state index contributed by atoms with van der Waals surface area (Å²) in [4.78, 5) is 0. The van der Waals surface area contributed by atoms with Crippen LogP contribution in [0.25, 0.3) is 0 Å². The highest BCUT2D eigenvalue weighted by Gasteiger charge is 2.56. The Balaban J connectivity index is 2.13. The normalized spacial score (nSPS) is 51.1. The summed E-state index contributed by atoms with van der Waals surface area (Å²) >= 11 is 0. The van der Waals surface area contributed by atoms with E-state index in [0.29, 0.717) is 0 Å². The predicted octanol–water partition coefficient (Wildman–Crippen LogP) is -5.40. The lowest BCUT2D eigenvalue weighted by Crippen LogP contribution is -2.60. The van der Waals surface area contributed by atoms with Crippen LogP contribution in [0.15, 0.2) is 0 Å². The second kappa shape index (κ2) is 7.21. The van der Waals surface area contributed by atoms with Gasteiger partial charge in [-0.05, 0) is 0 Å². The maximum atomic E-state index is 10.00. The monoisotopic (exact) mass is 342 g/mol. The summed E-state index contributed by atoms with van der Waals surface area (Å²) in [5.74, 6) is -2.37. The zero-order valence-corrected chi connectivity index (χ0v) is 12.0. The lowest BCUT2D eigenvalue weighted by molar-refractivity contribution is -0.318. The Kier molecular flexibility index (Phi) is 5.92. The lowest BCUT2D eigenvalue weighted by atomic mass is 9.99. The molecule has 2 aliphatic heterocycles. The van der Waals surface area contributed by atoms with Gasteiger partial charge < -0.3 is 55.1 Å². The van der Waals surface area contributed by atoms with Crippen LogP contribution >= 0.6 is 0 Å². The molecule has 2 fully saturated rings. The first-order valence-corrected chi connectivity index (χ1v) is 7.05. The minimum Gasteiger partial charge on any atom is -0.394 e. The summed E-state index contributed by atoms with van der Waals surface area (Å²) in [5.41, 5.74) is 0. The average Bonchev–Trinajstić information content (AvgIpc) is 2.80. The molecule has 23 heavy (non-hydrogen) atoms. The molecule has 2 rings (SSSR count). The first kappa shape index (κ1) is 18.9. The van der Waals surface area contributed by atoms with Gasteiger partial charge in [0, 0.05) is 0 Å². The van der Waals surface area contributed by atoms with Crippen molar-refractivity contribution in [1.82, 2.24) is 0 Å². The standard InChI is InChI=1S/C12H22O11/c13-1-4-6(16)7(17)8(18)11(21-4)22-9-5(2-14)23-12(20,3-15)10(9)19/h4-11,13-20H,1-3H2/t4-,5-,6+,7+,8-,9+,10+,11+,12-/m1/s1. The van der Waals surface area contributed by atoms with E-state index >= 15 is 0 Å². The number of aliphatic hydroxyl groups excluding tert-OH is 7. The smallest absolute Gasteiger partial charge is 0.219 e. The molecular formula is C12H22O11. The Morgan fingerprint density at radius 1 is 0.870 bits per heavy atom. The van der Waals surface area contributed by atoms with Crippen molar-refractivity contribution in [3.63, 3.8) is 0 Å². The van der Waals surface area contributed by atoms with Gasteiger partial charge >= 0.3 is 0 Å². The summed E-state index contributed by atoms with van der Waals surface area (Å²) < 4.78 is 15.3. The van der Waals surface area contributed by atoms with Crippen LogP contribution in [-0.4, -0.2) is 115 Å². The summed E-state index contributed by atoms with van der Waals surface area (Å²) in [6.07, 6.45) is -12.2. The van der Waals surface area contributed by atoms with Crippen LogP contribution in [0.2, 0.25) is 0 Å². The van der Waals surface area contributed by atoms with Crippen LogP contribution in [0.1, 0.15) is 0 Å². The van der Waals surface area contributed by atoms with E-state index in [9.17, 15) is 30.6 Å². The zero-order valence-electron chi connectivity index (χ0n) is 12.0. The van der Waals surface area contributed by atoms with Gasteiger partial charge in [0.1, 0.15) is 42.7 Å². The van der Waals surface area contributed by atoms with E-state index < -0.39 is 74.6 Å². The minimum atomic E-state index is -2.37. The van der Waals surface area contributed by atoms with Crippen molar-refractivity contribution in [2.45, 2.75) is 54.8 Å². The molecule has 0 amide bonds. The molecule has 0 aromatic carbocycles. The molecule has 136 valence electrons. The molecule has 11 heteroatoms. The Morgan fingerprint density at radius 3 is 2.00 bits per heavy atom. The van der Waals surface area contributed by atoms with Gasteiger partial charge in [-0.3, -0.25) is 0 Å². The molecule has 0 aromatic rings. The third-order valence-electron chi connectivity index (χ3n) is 4.04. The molecule has 0 unspecified atom stereocenters. The van der Waals surface area contributed by atoms with Crippen molar-refractivity contribution in [2.75, 3.05) is 19.8 Å². The zero-order chi connectivity index (χ0) is 17.4. The quantitative estimate of drug-likeness (QED) is 0.238. The number of hydrogen-bond acceptors (Lipinski definition) is 11. The van der Waals surface area contributed by atoms with Crippen LogP contribution in [0, 0.1) is 0 Å². The van der Waals surface area contributed by atoms with Gasteiger partial charge in [0.05, 0.1) is 19.8 Å². The van der Waals surface area contributed by atoms with Crippen LogP contribution in [0.4, 0.5) is 0 Å². The van der Waals surface area contributed by atoms with Gasteiger partial charge in [-0.1, -0.05) is 0 Å². The molecule has 0 spiro atoms. The van der Waals surface area contributed by atoms with Crippen molar-refractivity contribution >= 4 is 0 Å². The number of hydrogen-bond donors (Lipinski definition) is 8. The van der Waals surface area contributed by atoms with Crippen molar-refractivity contribution in [3.8, 4) is 0 Å². The molecule has 2 heterocycles. The maximum absolute atomic E-state index is 10.00. The van der Waals surface area contributed by atoms with E-state index in [1.54, 1.807) is 0 Å². The molecule has 0 aliphatic carbocycles. The van der Waals surface area contributed by atoms with Crippen LogP contribution < -0.4 is 0 Å². The van der Waals surface area contributed by atoms with Crippen LogP contribution in [-0.2, 0) is 14.2 Å². The fourth-order valence-electron chi connectivity index (χ4n) is 2.63. The topological polar surface area (TPSA) is 190 Å². The van der Waals surface area contributed by atoms with E-state index in [1.165, 1.54) is 0 Å². The van der Waals surface area contributed by atoms with Gasteiger partial charge in [-0.25, -0.2) is 0 Å². The number of rotatable bonds is 5. The van der Waals surface area contributed by atoms with Gasteiger partial charge in [0.2, 0.25) is 5.79 Å². The largest absolute Gasteiger partial charge is 0.394 e. The van der Waals surface area contributed by atoms with E-state index in [4.69, 9.17) is 24.4 Å². The molecule has 0 radical (unpaired) electrons. The van der Waals surface area contributed by atoms with E-state index in [2.05, 4.69) is 0 Å².